The highest BCUT2D eigenvalue weighted by Gasteiger charge is 2.33. The number of benzene rings is 1. The van der Waals surface area contributed by atoms with E-state index in [0.717, 1.165) is 0 Å². The lowest BCUT2D eigenvalue weighted by atomic mass is 9.81. The first-order valence-corrected chi connectivity index (χ1v) is 8.76. The smallest absolute Gasteiger partial charge is 0.240 e. The second-order valence-corrected chi connectivity index (χ2v) is 7.75. The highest BCUT2D eigenvalue weighted by molar-refractivity contribution is 7.89. The van der Waals surface area contributed by atoms with Crippen molar-refractivity contribution in [2.75, 3.05) is 26.4 Å². The number of rotatable bonds is 5. The molecule has 0 unspecified atom stereocenters. The molecule has 1 aliphatic rings. The van der Waals surface area contributed by atoms with Gasteiger partial charge in [-0.3, -0.25) is 0 Å². The van der Waals surface area contributed by atoms with Gasteiger partial charge in [-0.05, 0) is 31.0 Å². The van der Waals surface area contributed by atoms with Gasteiger partial charge in [0.25, 0.3) is 0 Å². The van der Waals surface area contributed by atoms with Gasteiger partial charge in [-0.15, -0.1) is 0 Å². The zero-order valence-corrected chi connectivity index (χ0v) is 13.6. The van der Waals surface area contributed by atoms with E-state index in [-0.39, 0.29) is 23.1 Å². The zero-order valence-electron chi connectivity index (χ0n) is 11.3. The third-order valence-corrected chi connectivity index (χ3v) is 5.87. The number of aliphatic hydroxyl groups is 1. The van der Waals surface area contributed by atoms with Crippen LogP contribution < -0.4 is 4.72 Å². The Bertz CT molecular complexity index is 600. The summed E-state index contributed by atoms with van der Waals surface area (Å²) in [5.41, 5.74) is -0.471. The van der Waals surface area contributed by atoms with Gasteiger partial charge in [0.1, 0.15) is 0 Å². The Morgan fingerprint density at radius 2 is 1.90 bits per heavy atom. The fourth-order valence-corrected chi connectivity index (χ4v) is 3.72. The summed E-state index contributed by atoms with van der Waals surface area (Å²) in [5, 5.41) is 10.0. The number of sulfonamides is 1. The van der Waals surface area contributed by atoms with E-state index < -0.39 is 15.4 Å². The molecule has 1 heterocycles. The molecule has 118 valence electrons. The van der Waals surface area contributed by atoms with Crippen LogP contribution in [0.3, 0.4) is 0 Å². The average Bonchev–Trinajstić information content (AvgIpc) is 2.49. The van der Waals surface area contributed by atoms with Gasteiger partial charge in [-0.1, -0.05) is 23.2 Å². The first kappa shape index (κ1) is 17.0. The van der Waals surface area contributed by atoms with Crippen molar-refractivity contribution in [3.8, 4) is 0 Å². The van der Waals surface area contributed by atoms with Crippen LogP contribution in [0, 0.1) is 5.41 Å². The van der Waals surface area contributed by atoms with Crippen molar-refractivity contribution in [1.82, 2.24) is 4.72 Å². The van der Waals surface area contributed by atoms with Crippen molar-refractivity contribution >= 4 is 33.2 Å². The standard InChI is InChI=1S/C13H17Cl2NO4S/c14-11-2-1-10(7-12(11)15)21(18,19)16-8-13(9-17)3-5-20-6-4-13/h1-2,7,16-17H,3-6,8-9H2. The Balaban J connectivity index is 2.11. The maximum atomic E-state index is 12.3. The van der Waals surface area contributed by atoms with Gasteiger partial charge < -0.3 is 9.84 Å². The Labute approximate surface area is 134 Å². The number of ether oxygens (including phenoxy) is 1. The quantitative estimate of drug-likeness (QED) is 0.849. The first-order valence-electron chi connectivity index (χ1n) is 6.52. The molecule has 8 heteroatoms. The molecule has 0 aliphatic carbocycles. The summed E-state index contributed by atoms with van der Waals surface area (Å²) in [4.78, 5) is 0.0528. The van der Waals surface area contributed by atoms with E-state index in [4.69, 9.17) is 27.9 Å². The SMILES string of the molecule is O=S(=O)(NCC1(CO)CCOCC1)c1ccc(Cl)c(Cl)c1. The van der Waals surface area contributed by atoms with E-state index in [2.05, 4.69) is 4.72 Å². The summed E-state index contributed by atoms with van der Waals surface area (Å²) >= 11 is 11.6. The fraction of sp³-hybridized carbons (Fsp3) is 0.538. The molecule has 0 saturated carbocycles. The van der Waals surface area contributed by atoms with Gasteiger partial charge in [-0.2, -0.15) is 0 Å². The number of hydrogen-bond acceptors (Lipinski definition) is 4. The van der Waals surface area contributed by atoms with E-state index in [1.807, 2.05) is 0 Å². The molecule has 2 rings (SSSR count). The van der Waals surface area contributed by atoms with E-state index >= 15 is 0 Å². The van der Waals surface area contributed by atoms with E-state index in [0.29, 0.717) is 31.1 Å². The van der Waals surface area contributed by atoms with Crippen LogP contribution in [0.25, 0.3) is 0 Å². The van der Waals surface area contributed by atoms with E-state index in [9.17, 15) is 13.5 Å². The van der Waals surface area contributed by atoms with Crippen LogP contribution in [0.5, 0.6) is 0 Å². The van der Waals surface area contributed by atoms with Gasteiger partial charge >= 0.3 is 0 Å². The third kappa shape index (κ3) is 4.09. The maximum Gasteiger partial charge on any atom is 0.240 e. The van der Waals surface area contributed by atoms with Crippen LogP contribution in [-0.4, -0.2) is 39.9 Å². The van der Waals surface area contributed by atoms with Crippen LogP contribution in [0.4, 0.5) is 0 Å². The molecule has 0 atom stereocenters. The van der Waals surface area contributed by atoms with Gasteiger partial charge in [0.2, 0.25) is 10.0 Å². The molecule has 0 aromatic heterocycles. The predicted octanol–water partition coefficient (Wildman–Crippen LogP) is 2.06. The Morgan fingerprint density at radius 3 is 2.48 bits per heavy atom. The lowest BCUT2D eigenvalue weighted by molar-refractivity contribution is -0.0126. The van der Waals surface area contributed by atoms with Gasteiger partial charge in [0.05, 0.1) is 21.5 Å². The minimum atomic E-state index is -3.69. The Hall–Kier alpha value is -0.370. The first-order chi connectivity index (χ1) is 9.88. The lowest BCUT2D eigenvalue weighted by Gasteiger charge is -2.35. The van der Waals surface area contributed by atoms with Crippen molar-refractivity contribution < 1.29 is 18.3 Å². The molecule has 2 N–H and O–H groups in total. The van der Waals surface area contributed by atoms with Gasteiger partial charge in [0.15, 0.2) is 0 Å². The van der Waals surface area contributed by atoms with Gasteiger partial charge in [-0.25, -0.2) is 13.1 Å². The second kappa shape index (κ2) is 6.81. The van der Waals surface area contributed by atoms with Crippen molar-refractivity contribution in [3.63, 3.8) is 0 Å². The van der Waals surface area contributed by atoms with Gasteiger partial charge in [0, 0.05) is 25.2 Å². The molecule has 5 nitrogen and oxygen atoms in total. The summed E-state index contributed by atoms with van der Waals surface area (Å²) in [6, 6.07) is 4.14. The summed E-state index contributed by atoms with van der Waals surface area (Å²) in [7, 11) is -3.69. The summed E-state index contributed by atoms with van der Waals surface area (Å²) in [5.74, 6) is 0. The monoisotopic (exact) mass is 353 g/mol. The summed E-state index contributed by atoms with van der Waals surface area (Å²) in [6.45, 7) is 1.12. The third-order valence-electron chi connectivity index (χ3n) is 3.73. The van der Waals surface area contributed by atoms with Crippen molar-refractivity contribution in [2.24, 2.45) is 5.41 Å². The van der Waals surface area contributed by atoms with Crippen LogP contribution in [0.1, 0.15) is 12.8 Å². The molecule has 1 aromatic rings. The summed E-state index contributed by atoms with van der Waals surface area (Å²) in [6.07, 6.45) is 1.24. The van der Waals surface area contributed by atoms with Crippen LogP contribution in [0.15, 0.2) is 23.1 Å². The molecule has 1 fully saturated rings. The highest BCUT2D eigenvalue weighted by Crippen LogP contribution is 2.30. The highest BCUT2D eigenvalue weighted by atomic mass is 35.5. The van der Waals surface area contributed by atoms with E-state index in [1.54, 1.807) is 0 Å². The largest absolute Gasteiger partial charge is 0.396 e. The molecular formula is C13H17Cl2NO4S. The number of halogens is 2. The van der Waals surface area contributed by atoms with Crippen LogP contribution in [-0.2, 0) is 14.8 Å². The Morgan fingerprint density at radius 1 is 1.24 bits per heavy atom. The van der Waals surface area contributed by atoms with Crippen molar-refractivity contribution in [2.45, 2.75) is 17.7 Å². The minimum Gasteiger partial charge on any atom is -0.396 e. The molecule has 0 bridgehead atoms. The normalized spacial score (nSPS) is 18.6. The minimum absolute atomic E-state index is 0.0528. The molecule has 0 amide bonds. The topological polar surface area (TPSA) is 75.6 Å². The maximum absolute atomic E-state index is 12.3. The molecule has 1 aliphatic heterocycles. The fourth-order valence-electron chi connectivity index (χ4n) is 2.17. The van der Waals surface area contributed by atoms with Crippen molar-refractivity contribution in [1.29, 1.82) is 0 Å². The zero-order chi connectivity index (χ0) is 15.5. The summed E-state index contributed by atoms with van der Waals surface area (Å²) < 4.78 is 32.3. The molecule has 1 saturated heterocycles. The Kier molecular flexibility index (Phi) is 5.51. The number of nitrogens with one attached hydrogen (secondary N) is 1. The molecule has 0 radical (unpaired) electrons. The number of aliphatic hydroxyl groups excluding tert-OH is 1. The van der Waals surface area contributed by atoms with Crippen LogP contribution >= 0.6 is 23.2 Å². The molecule has 21 heavy (non-hydrogen) atoms. The molecule has 1 aromatic carbocycles. The lowest BCUT2D eigenvalue weighted by Crippen LogP contribution is -2.43. The number of hydrogen-bond donors (Lipinski definition) is 2. The van der Waals surface area contributed by atoms with Crippen molar-refractivity contribution in [3.05, 3.63) is 28.2 Å². The van der Waals surface area contributed by atoms with Crippen LogP contribution in [0.2, 0.25) is 10.0 Å². The predicted molar refractivity (Wildman–Crippen MR) is 81.2 cm³/mol. The second-order valence-electron chi connectivity index (χ2n) is 5.17. The van der Waals surface area contributed by atoms with E-state index in [1.165, 1.54) is 18.2 Å². The molecule has 0 spiro atoms. The molecular weight excluding hydrogens is 337 g/mol. The average molecular weight is 354 g/mol.